The summed E-state index contributed by atoms with van der Waals surface area (Å²) in [5.41, 5.74) is 1.30. The molecule has 0 bridgehead atoms. The van der Waals surface area contributed by atoms with Gasteiger partial charge in [-0.3, -0.25) is 9.78 Å². The van der Waals surface area contributed by atoms with Gasteiger partial charge in [-0.05, 0) is 42.3 Å². The monoisotopic (exact) mass is 333 g/mol. The molecule has 0 unspecified atom stereocenters. The number of H-pyrrole nitrogens is 1. The molecule has 0 spiro atoms. The van der Waals surface area contributed by atoms with Crippen LogP contribution in [0.2, 0.25) is 0 Å². The zero-order chi connectivity index (χ0) is 17.2. The average Bonchev–Trinajstić information content (AvgIpc) is 3.00. The molecule has 0 radical (unpaired) electrons. The first-order chi connectivity index (χ1) is 11.4. The Balaban J connectivity index is 1.57. The number of carbonyl (C=O) groups is 1. The number of aryl methyl sites for hydroxylation is 1. The van der Waals surface area contributed by atoms with Gasteiger partial charge < -0.3 is 10.3 Å². The molecule has 1 aromatic carbocycles. The predicted molar refractivity (Wildman–Crippen MR) is 84.5 cm³/mol. The number of amides is 1. The van der Waals surface area contributed by atoms with E-state index in [-0.39, 0.29) is 12.3 Å². The molecule has 2 N–H and O–H groups in total. The Morgan fingerprint density at radius 2 is 2.00 bits per heavy atom. The van der Waals surface area contributed by atoms with Crippen LogP contribution in [0.15, 0.2) is 48.8 Å². The molecule has 1 amide bonds. The van der Waals surface area contributed by atoms with E-state index in [1.54, 1.807) is 6.07 Å². The van der Waals surface area contributed by atoms with Gasteiger partial charge in [-0.2, -0.15) is 13.2 Å². The highest BCUT2D eigenvalue weighted by molar-refractivity contribution is 5.93. The summed E-state index contributed by atoms with van der Waals surface area (Å²) in [4.78, 5) is 18.4. The zero-order valence-corrected chi connectivity index (χ0v) is 12.5. The van der Waals surface area contributed by atoms with Crippen LogP contribution in [0.5, 0.6) is 0 Å². The number of fused-ring (bicyclic) bond motifs is 1. The van der Waals surface area contributed by atoms with Crippen LogP contribution in [-0.2, 0) is 17.4 Å². The summed E-state index contributed by atoms with van der Waals surface area (Å²) in [5.74, 6) is -0.204. The number of alkyl halides is 3. The summed E-state index contributed by atoms with van der Waals surface area (Å²) in [6, 6.07) is 9.67. The molecule has 124 valence electrons. The maximum Gasteiger partial charge on any atom is 0.433 e. The van der Waals surface area contributed by atoms with Crippen LogP contribution in [0.4, 0.5) is 18.9 Å². The van der Waals surface area contributed by atoms with E-state index in [9.17, 15) is 18.0 Å². The summed E-state index contributed by atoms with van der Waals surface area (Å²) in [7, 11) is 0. The number of nitrogens with zero attached hydrogens (tertiary/aromatic N) is 1. The quantitative estimate of drug-likeness (QED) is 0.753. The van der Waals surface area contributed by atoms with Crippen molar-refractivity contribution in [3.8, 4) is 0 Å². The molecule has 24 heavy (non-hydrogen) atoms. The lowest BCUT2D eigenvalue weighted by Gasteiger charge is -2.07. The number of carbonyl (C=O) groups excluding carboxylic acids is 1. The SMILES string of the molecule is O=C(CCc1ccc(C(F)(F)F)nc1)Nc1ccc2[nH]ccc2c1. The lowest BCUT2D eigenvalue weighted by atomic mass is 10.1. The third kappa shape index (κ3) is 3.73. The second kappa shape index (κ2) is 6.35. The van der Waals surface area contributed by atoms with E-state index < -0.39 is 11.9 Å². The molecule has 0 aliphatic carbocycles. The molecular formula is C17H14F3N3O. The van der Waals surface area contributed by atoms with Crippen LogP contribution in [-0.4, -0.2) is 15.9 Å². The van der Waals surface area contributed by atoms with Crippen molar-refractivity contribution in [1.82, 2.24) is 9.97 Å². The number of aromatic nitrogens is 2. The number of pyridine rings is 1. The molecule has 2 aromatic heterocycles. The number of aromatic amines is 1. The van der Waals surface area contributed by atoms with E-state index in [2.05, 4.69) is 15.3 Å². The standard InChI is InChI=1S/C17H14F3N3O/c18-17(19,20)15-5-1-11(10-22-15)2-6-16(24)23-13-3-4-14-12(9-13)7-8-21-14/h1,3-5,7-10,21H,2,6H2,(H,23,24). The first kappa shape index (κ1) is 16.0. The van der Waals surface area contributed by atoms with Gasteiger partial charge in [0.2, 0.25) is 5.91 Å². The number of benzene rings is 1. The van der Waals surface area contributed by atoms with Gasteiger partial charge >= 0.3 is 6.18 Å². The molecule has 0 saturated heterocycles. The molecule has 0 fully saturated rings. The van der Waals surface area contributed by atoms with Gasteiger partial charge in [-0.1, -0.05) is 6.07 Å². The molecule has 4 nitrogen and oxygen atoms in total. The summed E-state index contributed by atoms with van der Waals surface area (Å²) in [5, 5.41) is 3.76. The topological polar surface area (TPSA) is 57.8 Å². The molecule has 0 aliphatic rings. The molecule has 7 heteroatoms. The smallest absolute Gasteiger partial charge is 0.361 e. The van der Waals surface area contributed by atoms with Crippen molar-refractivity contribution < 1.29 is 18.0 Å². The molecule has 3 aromatic rings. The molecular weight excluding hydrogens is 319 g/mol. The number of nitrogens with one attached hydrogen (secondary N) is 2. The molecule has 0 saturated carbocycles. The minimum atomic E-state index is -4.45. The van der Waals surface area contributed by atoms with E-state index in [1.165, 1.54) is 6.07 Å². The van der Waals surface area contributed by atoms with Crippen molar-refractivity contribution in [3.05, 3.63) is 60.0 Å². The van der Waals surface area contributed by atoms with Crippen molar-refractivity contribution in [2.24, 2.45) is 0 Å². The van der Waals surface area contributed by atoms with Crippen LogP contribution in [0.1, 0.15) is 17.7 Å². The molecule has 2 heterocycles. The van der Waals surface area contributed by atoms with Crippen molar-refractivity contribution in [2.45, 2.75) is 19.0 Å². The minimum absolute atomic E-state index is 0.165. The summed E-state index contributed by atoms with van der Waals surface area (Å²) in [6.45, 7) is 0. The first-order valence-electron chi connectivity index (χ1n) is 7.31. The Morgan fingerprint density at radius 1 is 1.17 bits per heavy atom. The first-order valence-corrected chi connectivity index (χ1v) is 7.31. The highest BCUT2D eigenvalue weighted by Crippen LogP contribution is 2.27. The Hall–Kier alpha value is -2.83. The van der Waals surface area contributed by atoms with Gasteiger partial charge in [0.25, 0.3) is 0 Å². The van der Waals surface area contributed by atoms with E-state index in [1.807, 2.05) is 24.4 Å². The summed E-state index contributed by atoms with van der Waals surface area (Å²) < 4.78 is 37.3. The Morgan fingerprint density at radius 3 is 2.71 bits per heavy atom. The number of rotatable bonds is 4. The lowest BCUT2D eigenvalue weighted by Crippen LogP contribution is -2.12. The number of anilines is 1. The largest absolute Gasteiger partial charge is 0.433 e. The fourth-order valence-corrected chi connectivity index (χ4v) is 2.35. The second-order valence-electron chi connectivity index (χ2n) is 5.38. The van der Waals surface area contributed by atoms with E-state index >= 15 is 0 Å². The minimum Gasteiger partial charge on any atom is -0.361 e. The third-order valence-electron chi connectivity index (χ3n) is 3.59. The van der Waals surface area contributed by atoms with Crippen LogP contribution < -0.4 is 5.32 Å². The van der Waals surface area contributed by atoms with Crippen LogP contribution in [0, 0.1) is 0 Å². The van der Waals surface area contributed by atoms with Gasteiger partial charge in [0, 0.05) is 35.4 Å². The number of halogens is 3. The number of hydrogen-bond donors (Lipinski definition) is 2. The highest BCUT2D eigenvalue weighted by Gasteiger charge is 2.31. The van der Waals surface area contributed by atoms with E-state index in [0.717, 1.165) is 23.2 Å². The van der Waals surface area contributed by atoms with E-state index in [0.29, 0.717) is 17.7 Å². The fourth-order valence-electron chi connectivity index (χ4n) is 2.35. The molecule has 3 rings (SSSR count). The van der Waals surface area contributed by atoms with Gasteiger partial charge in [0.1, 0.15) is 5.69 Å². The van der Waals surface area contributed by atoms with Crippen LogP contribution in [0.25, 0.3) is 10.9 Å². The summed E-state index contributed by atoms with van der Waals surface area (Å²) in [6.07, 6.45) is -0.996. The Labute approximate surface area is 135 Å². The van der Waals surface area contributed by atoms with Gasteiger partial charge in [0.05, 0.1) is 0 Å². The average molecular weight is 333 g/mol. The molecule has 0 atom stereocenters. The highest BCUT2D eigenvalue weighted by atomic mass is 19.4. The Kier molecular flexibility index (Phi) is 4.24. The van der Waals surface area contributed by atoms with Crippen molar-refractivity contribution in [2.75, 3.05) is 5.32 Å². The Bertz CT molecular complexity index is 853. The van der Waals surface area contributed by atoms with Crippen LogP contribution in [0.3, 0.4) is 0 Å². The van der Waals surface area contributed by atoms with Gasteiger partial charge in [0.15, 0.2) is 0 Å². The third-order valence-corrected chi connectivity index (χ3v) is 3.59. The van der Waals surface area contributed by atoms with Crippen molar-refractivity contribution in [3.63, 3.8) is 0 Å². The van der Waals surface area contributed by atoms with E-state index in [4.69, 9.17) is 0 Å². The number of hydrogen-bond acceptors (Lipinski definition) is 2. The van der Waals surface area contributed by atoms with Crippen molar-refractivity contribution in [1.29, 1.82) is 0 Å². The predicted octanol–water partition coefficient (Wildman–Crippen LogP) is 4.15. The van der Waals surface area contributed by atoms with Crippen molar-refractivity contribution >= 4 is 22.5 Å². The maximum atomic E-state index is 12.4. The van der Waals surface area contributed by atoms with Gasteiger partial charge in [-0.15, -0.1) is 0 Å². The zero-order valence-electron chi connectivity index (χ0n) is 12.5. The second-order valence-corrected chi connectivity index (χ2v) is 5.38. The van der Waals surface area contributed by atoms with Gasteiger partial charge in [-0.25, -0.2) is 0 Å². The maximum absolute atomic E-state index is 12.4. The molecule has 0 aliphatic heterocycles. The summed E-state index contributed by atoms with van der Waals surface area (Å²) >= 11 is 0. The van der Waals surface area contributed by atoms with Crippen LogP contribution >= 0.6 is 0 Å². The lowest BCUT2D eigenvalue weighted by molar-refractivity contribution is -0.141. The fraction of sp³-hybridized carbons (Fsp3) is 0.176. The normalized spacial score (nSPS) is 11.6.